The maximum absolute atomic E-state index is 13.4. The molecule has 1 aliphatic heterocycles. The Kier molecular flexibility index (Phi) is 7.14. The second-order valence-corrected chi connectivity index (χ2v) is 14.2. The molecule has 184 valence electrons. The van der Waals surface area contributed by atoms with E-state index in [0.29, 0.717) is 27.9 Å². The van der Waals surface area contributed by atoms with Gasteiger partial charge in [-0.3, -0.25) is 9.59 Å². The molecule has 1 saturated heterocycles. The summed E-state index contributed by atoms with van der Waals surface area (Å²) in [5, 5.41) is 7.06. The fourth-order valence-electron chi connectivity index (χ4n) is 4.78. The maximum atomic E-state index is 13.4. The Labute approximate surface area is 210 Å². The van der Waals surface area contributed by atoms with E-state index in [-0.39, 0.29) is 35.2 Å². The van der Waals surface area contributed by atoms with E-state index < -0.39 is 15.9 Å². The average molecular weight is 523 g/mol. The van der Waals surface area contributed by atoms with E-state index in [1.54, 1.807) is 12.1 Å². The Morgan fingerprint density at radius 1 is 1.15 bits per heavy atom. The molecule has 1 aromatic heterocycles. The Morgan fingerprint density at radius 2 is 1.85 bits per heavy atom. The van der Waals surface area contributed by atoms with Gasteiger partial charge < -0.3 is 10.6 Å². The number of amides is 2. The Hall–Kier alpha value is -1.90. The van der Waals surface area contributed by atoms with Crippen LogP contribution in [-0.4, -0.2) is 37.8 Å². The highest BCUT2D eigenvalue weighted by molar-refractivity contribution is 7.91. The number of fused-ring (bicyclic) bond motifs is 1. The fraction of sp³-hybridized carbons (Fsp3) is 0.520. The average Bonchev–Trinajstić information content (AvgIpc) is 3.26. The monoisotopic (exact) mass is 522 g/mol. The summed E-state index contributed by atoms with van der Waals surface area (Å²) in [5.41, 5.74) is 2.48. The lowest BCUT2D eigenvalue weighted by atomic mass is 9.72. The quantitative estimate of drug-likeness (QED) is 0.597. The summed E-state index contributed by atoms with van der Waals surface area (Å²) < 4.78 is 23.7. The molecule has 2 unspecified atom stereocenters. The van der Waals surface area contributed by atoms with Crippen LogP contribution >= 0.6 is 22.9 Å². The minimum Gasteiger partial charge on any atom is -0.348 e. The van der Waals surface area contributed by atoms with E-state index in [9.17, 15) is 18.0 Å². The van der Waals surface area contributed by atoms with E-state index in [0.717, 1.165) is 35.3 Å². The van der Waals surface area contributed by atoms with Crippen LogP contribution in [0.4, 0.5) is 5.00 Å². The van der Waals surface area contributed by atoms with Gasteiger partial charge in [0.05, 0.1) is 23.5 Å². The molecule has 2 aromatic rings. The molecule has 34 heavy (non-hydrogen) atoms. The lowest BCUT2D eigenvalue weighted by Crippen LogP contribution is -2.36. The maximum Gasteiger partial charge on any atom is 0.254 e. The Bertz CT molecular complexity index is 1200. The highest BCUT2D eigenvalue weighted by Crippen LogP contribution is 2.44. The van der Waals surface area contributed by atoms with Crippen LogP contribution in [0, 0.1) is 11.3 Å². The SMILES string of the molecule is CC(C)(C)C1CCc2c(sc(NC(=O)Cc3ccc(Cl)cc3)c2C(=O)NC2CCS(=O)(=O)C2)C1. The zero-order chi connectivity index (χ0) is 24.7. The van der Waals surface area contributed by atoms with Crippen molar-refractivity contribution in [3.8, 4) is 0 Å². The predicted octanol–water partition coefficient (Wildman–Crippen LogP) is 4.65. The normalized spacial score (nSPS) is 21.6. The summed E-state index contributed by atoms with van der Waals surface area (Å²) in [6, 6.07) is 6.72. The molecule has 6 nitrogen and oxygen atoms in total. The zero-order valence-electron chi connectivity index (χ0n) is 19.7. The summed E-state index contributed by atoms with van der Waals surface area (Å²) in [4.78, 5) is 27.4. The molecule has 1 aromatic carbocycles. The number of halogens is 1. The van der Waals surface area contributed by atoms with Crippen LogP contribution in [0.3, 0.4) is 0 Å². The first-order chi connectivity index (χ1) is 15.9. The van der Waals surface area contributed by atoms with Gasteiger partial charge in [-0.05, 0) is 60.3 Å². The molecule has 0 bridgehead atoms. The number of hydrogen-bond acceptors (Lipinski definition) is 5. The van der Waals surface area contributed by atoms with Gasteiger partial charge >= 0.3 is 0 Å². The van der Waals surface area contributed by atoms with Crippen LogP contribution < -0.4 is 10.6 Å². The number of hydrogen-bond donors (Lipinski definition) is 2. The lowest BCUT2D eigenvalue weighted by molar-refractivity contribution is -0.115. The van der Waals surface area contributed by atoms with Crippen molar-refractivity contribution in [1.82, 2.24) is 5.32 Å². The summed E-state index contributed by atoms with van der Waals surface area (Å²) in [5.74, 6) is 0.0566. The van der Waals surface area contributed by atoms with Crippen LogP contribution in [-0.2, 0) is 33.9 Å². The third kappa shape index (κ3) is 5.83. The van der Waals surface area contributed by atoms with Crippen molar-refractivity contribution in [1.29, 1.82) is 0 Å². The first-order valence-corrected chi connectivity index (χ1v) is 14.6. The second kappa shape index (κ2) is 9.63. The standard InChI is InChI=1S/C25H31ClN2O4S2/c1-25(2,3)16-6-9-19-20(13-16)33-24(28-21(29)12-15-4-7-17(26)8-5-15)22(19)23(30)27-18-10-11-34(31,32)14-18/h4-5,7-8,16,18H,6,9-14H2,1-3H3,(H,27,30)(H,28,29). The van der Waals surface area contributed by atoms with Crippen LogP contribution in [0.1, 0.15) is 60.0 Å². The van der Waals surface area contributed by atoms with Crippen molar-refractivity contribution >= 4 is 49.6 Å². The fourth-order valence-corrected chi connectivity index (χ4v) is 7.92. The smallest absolute Gasteiger partial charge is 0.254 e. The van der Waals surface area contributed by atoms with Gasteiger partial charge in [0.2, 0.25) is 5.91 Å². The van der Waals surface area contributed by atoms with Crippen molar-refractivity contribution in [2.45, 2.75) is 58.9 Å². The zero-order valence-corrected chi connectivity index (χ0v) is 22.1. The molecule has 2 amide bonds. The van der Waals surface area contributed by atoms with Crippen molar-refractivity contribution in [2.75, 3.05) is 16.8 Å². The topological polar surface area (TPSA) is 92.3 Å². The molecule has 0 saturated carbocycles. The second-order valence-electron chi connectivity index (χ2n) is 10.4. The minimum atomic E-state index is -3.11. The number of thiophene rings is 1. The Balaban J connectivity index is 1.59. The van der Waals surface area contributed by atoms with Gasteiger partial charge in [0.25, 0.3) is 5.91 Å². The van der Waals surface area contributed by atoms with E-state index in [2.05, 4.69) is 31.4 Å². The summed E-state index contributed by atoms with van der Waals surface area (Å²) in [6.45, 7) is 6.71. The van der Waals surface area contributed by atoms with Crippen LogP contribution in [0.5, 0.6) is 0 Å². The molecular formula is C25H31ClN2O4S2. The number of carbonyl (C=O) groups is 2. The van der Waals surface area contributed by atoms with Gasteiger partial charge in [0, 0.05) is 15.9 Å². The van der Waals surface area contributed by atoms with Gasteiger partial charge in [-0.25, -0.2) is 8.42 Å². The van der Waals surface area contributed by atoms with Crippen molar-refractivity contribution in [3.63, 3.8) is 0 Å². The first kappa shape index (κ1) is 25.2. The first-order valence-electron chi connectivity index (χ1n) is 11.6. The lowest BCUT2D eigenvalue weighted by Gasteiger charge is -2.33. The van der Waals surface area contributed by atoms with E-state index in [4.69, 9.17) is 11.6 Å². The van der Waals surface area contributed by atoms with Gasteiger partial charge in [-0.2, -0.15) is 0 Å². The largest absolute Gasteiger partial charge is 0.348 e. The van der Waals surface area contributed by atoms with Crippen LogP contribution in [0.15, 0.2) is 24.3 Å². The molecule has 1 aliphatic carbocycles. The number of benzene rings is 1. The molecule has 2 atom stereocenters. The molecule has 2 heterocycles. The van der Waals surface area contributed by atoms with Crippen LogP contribution in [0.2, 0.25) is 5.02 Å². The van der Waals surface area contributed by atoms with E-state index >= 15 is 0 Å². The van der Waals surface area contributed by atoms with Gasteiger partial charge in [0.15, 0.2) is 9.84 Å². The van der Waals surface area contributed by atoms with E-state index in [1.807, 2.05) is 12.1 Å². The van der Waals surface area contributed by atoms with E-state index in [1.165, 1.54) is 11.3 Å². The molecule has 2 N–H and O–H groups in total. The minimum absolute atomic E-state index is 0.0323. The summed E-state index contributed by atoms with van der Waals surface area (Å²) in [7, 11) is -3.11. The molecule has 9 heteroatoms. The third-order valence-corrected chi connectivity index (χ3v) is 10.0. The number of nitrogens with one attached hydrogen (secondary N) is 2. The molecule has 4 rings (SSSR count). The van der Waals surface area contributed by atoms with Crippen LogP contribution in [0.25, 0.3) is 0 Å². The Morgan fingerprint density at radius 3 is 2.47 bits per heavy atom. The summed E-state index contributed by atoms with van der Waals surface area (Å²) in [6.07, 6.45) is 3.21. The molecule has 2 aliphatic rings. The highest BCUT2D eigenvalue weighted by Gasteiger charge is 2.35. The molecule has 0 spiro atoms. The number of anilines is 1. The molecule has 1 fully saturated rings. The van der Waals surface area contributed by atoms with Gasteiger partial charge in [-0.15, -0.1) is 11.3 Å². The van der Waals surface area contributed by atoms with Crippen molar-refractivity contribution < 1.29 is 18.0 Å². The number of sulfone groups is 1. The van der Waals surface area contributed by atoms with Crippen molar-refractivity contribution in [3.05, 3.63) is 50.9 Å². The van der Waals surface area contributed by atoms with Gasteiger partial charge in [0.1, 0.15) is 5.00 Å². The molecule has 0 radical (unpaired) electrons. The van der Waals surface area contributed by atoms with Crippen molar-refractivity contribution in [2.24, 2.45) is 11.3 Å². The van der Waals surface area contributed by atoms with Gasteiger partial charge in [-0.1, -0.05) is 44.5 Å². The number of carbonyl (C=O) groups excluding carboxylic acids is 2. The number of rotatable bonds is 5. The third-order valence-electron chi connectivity index (χ3n) is 6.82. The predicted molar refractivity (Wildman–Crippen MR) is 138 cm³/mol. The highest BCUT2D eigenvalue weighted by atomic mass is 35.5. The molecular weight excluding hydrogens is 492 g/mol. The summed E-state index contributed by atoms with van der Waals surface area (Å²) >= 11 is 7.42.